The average molecular weight is 352 g/mol. The molecule has 0 radical (unpaired) electrons. The molecule has 2 aromatic heterocycles. The molecule has 0 fully saturated rings. The number of carbonyl (C=O) groups excluding carboxylic acids is 1. The van der Waals surface area contributed by atoms with E-state index in [1.807, 2.05) is 43.6 Å². The second-order valence-corrected chi connectivity index (χ2v) is 6.70. The van der Waals surface area contributed by atoms with E-state index in [-0.39, 0.29) is 5.91 Å². The predicted octanol–water partition coefficient (Wildman–Crippen LogP) is 3.03. The molecule has 1 aromatic carbocycles. The molecule has 128 valence electrons. The Kier molecular flexibility index (Phi) is 5.85. The average Bonchev–Trinajstić information content (AvgIpc) is 3.08. The zero-order valence-corrected chi connectivity index (χ0v) is 14.9. The maximum atomic E-state index is 11.9. The van der Waals surface area contributed by atoms with Gasteiger partial charge in [-0.15, -0.1) is 11.8 Å². The van der Waals surface area contributed by atoms with Crippen LogP contribution in [0.2, 0.25) is 0 Å². The molecule has 0 atom stereocenters. The molecule has 6 heteroatoms. The number of carbonyl (C=O) groups is 1. The van der Waals surface area contributed by atoms with E-state index in [1.165, 1.54) is 5.56 Å². The Hall–Kier alpha value is -2.60. The number of amides is 1. The normalized spacial score (nSPS) is 10.6. The van der Waals surface area contributed by atoms with Crippen LogP contribution in [0.25, 0.3) is 11.3 Å². The smallest absolute Gasteiger partial charge is 0.230 e. The van der Waals surface area contributed by atoms with E-state index in [0.717, 1.165) is 22.6 Å². The maximum absolute atomic E-state index is 11.9. The summed E-state index contributed by atoms with van der Waals surface area (Å²) in [7, 11) is 1.88. The Morgan fingerprint density at radius 3 is 2.64 bits per heavy atom. The van der Waals surface area contributed by atoms with E-state index >= 15 is 0 Å². The largest absolute Gasteiger partial charge is 0.351 e. The molecule has 3 rings (SSSR count). The van der Waals surface area contributed by atoms with Crippen molar-refractivity contribution in [1.82, 2.24) is 20.1 Å². The summed E-state index contributed by atoms with van der Waals surface area (Å²) in [6.07, 6.45) is 5.50. The molecule has 0 bridgehead atoms. The van der Waals surface area contributed by atoms with Gasteiger partial charge in [-0.3, -0.25) is 14.5 Å². The first-order valence-corrected chi connectivity index (χ1v) is 9.18. The number of nitrogens with zero attached hydrogens (tertiary/aromatic N) is 3. The van der Waals surface area contributed by atoms with Gasteiger partial charge in [0.15, 0.2) is 0 Å². The highest BCUT2D eigenvalue weighted by atomic mass is 32.2. The topological polar surface area (TPSA) is 59.8 Å². The van der Waals surface area contributed by atoms with Crippen molar-refractivity contribution in [2.75, 3.05) is 5.75 Å². The minimum Gasteiger partial charge on any atom is -0.351 e. The lowest BCUT2D eigenvalue weighted by Crippen LogP contribution is -2.24. The van der Waals surface area contributed by atoms with Gasteiger partial charge < -0.3 is 5.32 Å². The number of benzene rings is 1. The van der Waals surface area contributed by atoms with Crippen LogP contribution in [0, 0.1) is 0 Å². The van der Waals surface area contributed by atoms with Crippen molar-refractivity contribution in [3.63, 3.8) is 0 Å². The molecule has 0 spiro atoms. The zero-order chi connectivity index (χ0) is 17.5. The van der Waals surface area contributed by atoms with Crippen molar-refractivity contribution in [3.05, 3.63) is 72.2 Å². The fourth-order valence-electron chi connectivity index (χ4n) is 2.34. The number of pyridine rings is 1. The van der Waals surface area contributed by atoms with Crippen LogP contribution in [0.4, 0.5) is 0 Å². The molecular formula is C19H20N4OS. The molecule has 0 aliphatic heterocycles. The maximum Gasteiger partial charge on any atom is 0.230 e. The number of aryl methyl sites for hydroxylation is 1. The van der Waals surface area contributed by atoms with Gasteiger partial charge >= 0.3 is 0 Å². The van der Waals surface area contributed by atoms with Crippen molar-refractivity contribution in [2.24, 2.45) is 7.05 Å². The van der Waals surface area contributed by atoms with Gasteiger partial charge in [0.25, 0.3) is 0 Å². The fourth-order valence-corrected chi connectivity index (χ4v) is 3.16. The van der Waals surface area contributed by atoms with Crippen LogP contribution in [-0.4, -0.2) is 26.4 Å². The highest BCUT2D eigenvalue weighted by Crippen LogP contribution is 2.15. The van der Waals surface area contributed by atoms with E-state index in [2.05, 4.69) is 27.5 Å². The van der Waals surface area contributed by atoms with Crippen LogP contribution in [0.15, 0.2) is 61.1 Å². The predicted molar refractivity (Wildman–Crippen MR) is 101 cm³/mol. The Balaban J connectivity index is 1.42. The van der Waals surface area contributed by atoms with Crippen molar-refractivity contribution in [2.45, 2.75) is 12.3 Å². The summed E-state index contributed by atoms with van der Waals surface area (Å²) in [5.41, 5.74) is 4.07. The van der Waals surface area contributed by atoms with Crippen molar-refractivity contribution < 1.29 is 4.79 Å². The highest BCUT2D eigenvalue weighted by Gasteiger charge is 2.04. The third kappa shape index (κ3) is 5.19. The molecule has 0 unspecified atom stereocenters. The number of hydrogen-bond acceptors (Lipinski definition) is 4. The summed E-state index contributed by atoms with van der Waals surface area (Å²) in [4.78, 5) is 16.4. The second-order valence-electron chi connectivity index (χ2n) is 5.71. The fraction of sp³-hybridized carbons (Fsp3) is 0.211. The van der Waals surface area contributed by atoms with Gasteiger partial charge in [-0.1, -0.05) is 36.4 Å². The number of rotatable bonds is 7. The first-order chi connectivity index (χ1) is 12.2. The van der Waals surface area contributed by atoms with Gasteiger partial charge in [0.05, 0.1) is 17.6 Å². The lowest BCUT2D eigenvalue weighted by Gasteiger charge is -2.06. The molecule has 0 saturated carbocycles. The van der Waals surface area contributed by atoms with E-state index in [4.69, 9.17) is 0 Å². The number of aromatic nitrogens is 3. The van der Waals surface area contributed by atoms with Crippen molar-refractivity contribution >= 4 is 17.7 Å². The van der Waals surface area contributed by atoms with Crippen molar-refractivity contribution in [1.29, 1.82) is 0 Å². The Bertz CT molecular complexity index is 815. The second kappa shape index (κ2) is 8.48. The molecule has 1 amide bonds. The minimum atomic E-state index is 0.0391. The Morgan fingerprint density at radius 2 is 1.96 bits per heavy atom. The summed E-state index contributed by atoms with van der Waals surface area (Å²) in [6, 6.07) is 14.1. The quantitative estimate of drug-likeness (QED) is 0.710. The summed E-state index contributed by atoms with van der Waals surface area (Å²) >= 11 is 1.61. The van der Waals surface area contributed by atoms with Crippen LogP contribution < -0.4 is 5.32 Å². The Morgan fingerprint density at radius 1 is 1.12 bits per heavy atom. The third-order valence-corrected chi connectivity index (χ3v) is 4.66. The molecule has 0 aliphatic carbocycles. The first kappa shape index (κ1) is 17.2. The van der Waals surface area contributed by atoms with E-state index in [0.29, 0.717) is 12.3 Å². The standard InChI is InChI=1S/C19H20N4OS/c1-23-12-17(11-22-23)18-8-7-16(9-20-18)10-21-19(24)14-25-13-15-5-3-2-4-6-15/h2-9,11-12H,10,13-14H2,1H3,(H,21,24). The zero-order valence-electron chi connectivity index (χ0n) is 14.1. The van der Waals surface area contributed by atoms with Gasteiger partial charge in [0, 0.05) is 37.3 Å². The van der Waals surface area contributed by atoms with Crippen LogP contribution in [0.3, 0.4) is 0 Å². The van der Waals surface area contributed by atoms with E-state index < -0.39 is 0 Å². The van der Waals surface area contributed by atoms with E-state index in [1.54, 1.807) is 28.8 Å². The Labute approximate surface area is 151 Å². The monoisotopic (exact) mass is 352 g/mol. The minimum absolute atomic E-state index is 0.0391. The summed E-state index contributed by atoms with van der Waals surface area (Å²) in [5.74, 6) is 1.34. The van der Waals surface area contributed by atoms with Crippen LogP contribution in [0.1, 0.15) is 11.1 Å². The molecule has 1 N–H and O–H groups in total. The lowest BCUT2D eigenvalue weighted by atomic mass is 10.2. The van der Waals surface area contributed by atoms with Crippen molar-refractivity contribution in [3.8, 4) is 11.3 Å². The van der Waals surface area contributed by atoms with Crippen LogP contribution in [-0.2, 0) is 24.1 Å². The summed E-state index contributed by atoms with van der Waals surface area (Å²) < 4.78 is 1.75. The summed E-state index contributed by atoms with van der Waals surface area (Å²) in [5, 5.41) is 7.08. The van der Waals surface area contributed by atoms with Gasteiger partial charge in [0.1, 0.15) is 0 Å². The lowest BCUT2D eigenvalue weighted by molar-refractivity contribution is -0.118. The number of thioether (sulfide) groups is 1. The van der Waals surface area contributed by atoms with Crippen LogP contribution in [0.5, 0.6) is 0 Å². The van der Waals surface area contributed by atoms with Gasteiger partial charge in [-0.2, -0.15) is 5.10 Å². The molecule has 0 aliphatic rings. The summed E-state index contributed by atoms with van der Waals surface area (Å²) in [6.45, 7) is 0.491. The van der Waals surface area contributed by atoms with E-state index in [9.17, 15) is 4.79 Å². The molecule has 0 saturated heterocycles. The molecular weight excluding hydrogens is 332 g/mol. The molecule has 3 aromatic rings. The molecule has 2 heterocycles. The van der Waals surface area contributed by atoms with Gasteiger partial charge in [-0.25, -0.2) is 0 Å². The SMILES string of the molecule is Cn1cc(-c2ccc(CNC(=O)CSCc3ccccc3)cn2)cn1. The number of hydrogen-bond donors (Lipinski definition) is 1. The van der Waals surface area contributed by atoms with Gasteiger partial charge in [0.2, 0.25) is 5.91 Å². The molecule has 5 nitrogen and oxygen atoms in total. The van der Waals surface area contributed by atoms with Gasteiger partial charge in [-0.05, 0) is 17.2 Å². The van der Waals surface area contributed by atoms with Crippen LogP contribution >= 0.6 is 11.8 Å². The molecule has 25 heavy (non-hydrogen) atoms. The first-order valence-electron chi connectivity index (χ1n) is 8.03. The third-order valence-electron chi connectivity index (χ3n) is 3.66. The number of nitrogens with one attached hydrogen (secondary N) is 1. The highest BCUT2D eigenvalue weighted by molar-refractivity contribution is 7.99.